The van der Waals surface area contributed by atoms with E-state index in [1.807, 2.05) is 54.0 Å². The number of carbonyl (C=O) groups excluding carboxylic acids is 1. The van der Waals surface area contributed by atoms with Crippen LogP contribution in [-0.4, -0.2) is 39.2 Å². The van der Waals surface area contributed by atoms with Crippen molar-refractivity contribution < 1.29 is 23.8 Å². The van der Waals surface area contributed by atoms with E-state index in [4.69, 9.17) is 4.74 Å². The molecule has 1 saturated carbocycles. The third-order valence-electron chi connectivity index (χ3n) is 7.15. The van der Waals surface area contributed by atoms with Gasteiger partial charge in [0.05, 0.1) is 29.3 Å². The molecule has 0 unspecified atom stereocenters. The number of fused-ring (bicyclic) bond motifs is 1. The number of aliphatic carboxylic acids is 1. The number of pyridine rings is 1. The van der Waals surface area contributed by atoms with E-state index in [-0.39, 0.29) is 23.7 Å². The quantitative estimate of drug-likeness (QED) is 0.316. The lowest BCUT2D eigenvalue weighted by Crippen LogP contribution is -2.38. The Balaban J connectivity index is 1.35. The second kappa shape index (κ2) is 11.0. The second-order valence-corrected chi connectivity index (χ2v) is 9.65. The van der Waals surface area contributed by atoms with Crippen LogP contribution in [0.5, 0.6) is 5.88 Å². The van der Waals surface area contributed by atoms with Crippen molar-refractivity contribution in [1.82, 2.24) is 14.9 Å². The number of rotatable bonds is 8. The zero-order valence-electron chi connectivity index (χ0n) is 21.2. The molecule has 5 rings (SSSR count). The number of hydrogen-bond donors (Lipinski definition) is 2. The van der Waals surface area contributed by atoms with Crippen molar-refractivity contribution in [3.63, 3.8) is 0 Å². The number of halogens is 1. The Kier molecular flexibility index (Phi) is 7.40. The third kappa shape index (κ3) is 5.39. The molecule has 8 heteroatoms. The zero-order chi connectivity index (χ0) is 26.6. The largest absolute Gasteiger partial charge is 0.481 e. The first-order valence-corrected chi connectivity index (χ1v) is 12.9. The number of aromatic nitrogens is 2. The maximum Gasteiger partial charge on any atom is 0.306 e. The first-order chi connectivity index (χ1) is 18.4. The Morgan fingerprint density at radius 2 is 1.82 bits per heavy atom. The molecule has 0 bridgehead atoms. The van der Waals surface area contributed by atoms with Gasteiger partial charge in [-0.25, -0.2) is 9.37 Å². The molecule has 7 nitrogen and oxygen atoms in total. The standard InChI is InChI=1S/C30H30FN3O4/c1-2-38-27-5-3-4-26(33-27)20-8-6-19(7-9-20)18-34-17-16-23-25(31)15-14-24(28(23)34)29(35)32-22-12-10-21(11-13-22)30(36)37/h3-9,14-17,21-22H,2,10-13,18H2,1H3,(H,32,35)(H,36,37). The number of carboxylic acids is 1. The molecule has 1 fully saturated rings. The fourth-order valence-corrected chi connectivity index (χ4v) is 5.13. The van der Waals surface area contributed by atoms with Gasteiger partial charge in [0, 0.05) is 35.8 Å². The minimum Gasteiger partial charge on any atom is -0.481 e. The summed E-state index contributed by atoms with van der Waals surface area (Å²) in [6.07, 6.45) is 4.10. The summed E-state index contributed by atoms with van der Waals surface area (Å²) in [6, 6.07) is 18.1. The van der Waals surface area contributed by atoms with E-state index in [1.54, 1.807) is 12.3 Å². The van der Waals surface area contributed by atoms with Gasteiger partial charge >= 0.3 is 5.97 Å². The monoisotopic (exact) mass is 515 g/mol. The molecule has 2 N–H and O–H groups in total. The van der Waals surface area contributed by atoms with Crippen LogP contribution in [0.4, 0.5) is 4.39 Å². The lowest BCUT2D eigenvalue weighted by molar-refractivity contribution is -0.142. The van der Waals surface area contributed by atoms with Crippen LogP contribution in [0.3, 0.4) is 0 Å². The minimum atomic E-state index is -0.781. The number of benzene rings is 2. The Bertz CT molecular complexity index is 1460. The van der Waals surface area contributed by atoms with E-state index in [0.717, 1.165) is 16.8 Å². The Labute approximate surface area is 220 Å². The summed E-state index contributed by atoms with van der Waals surface area (Å²) >= 11 is 0. The topological polar surface area (TPSA) is 93.5 Å². The molecule has 38 heavy (non-hydrogen) atoms. The summed E-state index contributed by atoms with van der Waals surface area (Å²) in [7, 11) is 0. The van der Waals surface area contributed by atoms with Gasteiger partial charge in [-0.05, 0) is 62.4 Å². The summed E-state index contributed by atoms with van der Waals surface area (Å²) in [6.45, 7) is 2.93. The molecule has 0 spiro atoms. The van der Waals surface area contributed by atoms with Crippen LogP contribution in [0.2, 0.25) is 0 Å². The summed E-state index contributed by atoms with van der Waals surface area (Å²) in [5.41, 5.74) is 3.70. The molecule has 0 aliphatic heterocycles. The summed E-state index contributed by atoms with van der Waals surface area (Å²) in [5.74, 6) is -1.21. The van der Waals surface area contributed by atoms with E-state index in [9.17, 15) is 19.1 Å². The molecule has 1 aliphatic carbocycles. The molecular formula is C30H30FN3O4. The van der Waals surface area contributed by atoms with Gasteiger partial charge in [-0.3, -0.25) is 9.59 Å². The van der Waals surface area contributed by atoms with Gasteiger partial charge < -0.3 is 19.7 Å². The van der Waals surface area contributed by atoms with Gasteiger partial charge in [-0.1, -0.05) is 30.3 Å². The zero-order valence-corrected chi connectivity index (χ0v) is 21.2. The Morgan fingerprint density at radius 1 is 1.05 bits per heavy atom. The normalized spacial score (nSPS) is 17.3. The van der Waals surface area contributed by atoms with E-state index in [0.29, 0.717) is 61.2 Å². The van der Waals surface area contributed by atoms with Crippen molar-refractivity contribution in [3.05, 3.63) is 83.8 Å². The molecule has 0 atom stereocenters. The van der Waals surface area contributed by atoms with Crippen LogP contribution in [-0.2, 0) is 11.3 Å². The number of carboxylic acid groups (broad SMARTS) is 1. The van der Waals surface area contributed by atoms with Crippen molar-refractivity contribution in [2.75, 3.05) is 6.61 Å². The van der Waals surface area contributed by atoms with Crippen LogP contribution in [0.15, 0.2) is 66.9 Å². The van der Waals surface area contributed by atoms with Gasteiger partial charge in [-0.15, -0.1) is 0 Å². The fraction of sp³-hybridized carbons (Fsp3) is 0.300. The van der Waals surface area contributed by atoms with Gasteiger partial charge in [0.2, 0.25) is 5.88 Å². The number of amides is 1. The molecule has 2 aromatic heterocycles. The smallest absolute Gasteiger partial charge is 0.306 e. The number of nitrogens with one attached hydrogen (secondary N) is 1. The average Bonchev–Trinajstić information content (AvgIpc) is 3.34. The number of nitrogens with zero attached hydrogens (tertiary/aromatic N) is 2. The average molecular weight is 516 g/mol. The van der Waals surface area contributed by atoms with Crippen molar-refractivity contribution in [3.8, 4) is 17.1 Å². The van der Waals surface area contributed by atoms with Gasteiger partial charge in [0.25, 0.3) is 5.91 Å². The highest BCUT2D eigenvalue weighted by atomic mass is 19.1. The lowest BCUT2D eigenvalue weighted by Gasteiger charge is -2.27. The van der Waals surface area contributed by atoms with Crippen LogP contribution in [0.25, 0.3) is 22.2 Å². The van der Waals surface area contributed by atoms with Crippen LogP contribution < -0.4 is 10.1 Å². The molecular weight excluding hydrogens is 485 g/mol. The molecule has 4 aromatic rings. The first-order valence-electron chi connectivity index (χ1n) is 12.9. The summed E-state index contributed by atoms with van der Waals surface area (Å²) in [5, 5.41) is 12.7. The maximum atomic E-state index is 14.7. The van der Waals surface area contributed by atoms with Crippen LogP contribution in [0, 0.1) is 11.7 Å². The Hall–Kier alpha value is -4.20. The molecule has 196 valence electrons. The number of carbonyl (C=O) groups is 2. The highest BCUT2D eigenvalue weighted by Gasteiger charge is 2.27. The van der Waals surface area contributed by atoms with Gasteiger partial charge in [-0.2, -0.15) is 0 Å². The van der Waals surface area contributed by atoms with Crippen molar-refractivity contribution in [1.29, 1.82) is 0 Å². The minimum absolute atomic E-state index is 0.0935. The molecule has 1 aliphatic rings. The van der Waals surface area contributed by atoms with Crippen LogP contribution in [0.1, 0.15) is 48.5 Å². The second-order valence-electron chi connectivity index (χ2n) is 9.65. The van der Waals surface area contributed by atoms with E-state index in [1.165, 1.54) is 12.1 Å². The first kappa shape index (κ1) is 25.4. The maximum absolute atomic E-state index is 14.7. The van der Waals surface area contributed by atoms with E-state index < -0.39 is 5.97 Å². The van der Waals surface area contributed by atoms with Crippen molar-refractivity contribution >= 4 is 22.8 Å². The van der Waals surface area contributed by atoms with E-state index in [2.05, 4.69) is 10.3 Å². The lowest BCUT2D eigenvalue weighted by atomic mass is 9.86. The number of hydrogen-bond acceptors (Lipinski definition) is 4. The predicted molar refractivity (Wildman–Crippen MR) is 143 cm³/mol. The fourth-order valence-electron chi connectivity index (χ4n) is 5.13. The SMILES string of the molecule is CCOc1cccc(-c2ccc(Cn3ccc4c(F)ccc(C(=O)NC5CCC(C(=O)O)CC5)c43)cc2)n1. The highest BCUT2D eigenvalue weighted by Crippen LogP contribution is 2.28. The van der Waals surface area contributed by atoms with Crippen LogP contribution >= 0.6 is 0 Å². The molecule has 2 heterocycles. The van der Waals surface area contributed by atoms with Crippen molar-refractivity contribution in [2.24, 2.45) is 5.92 Å². The van der Waals surface area contributed by atoms with E-state index >= 15 is 0 Å². The molecule has 1 amide bonds. The molecule has 0 saturated heterocycles. The number of ether oxygens (including phenoxy) is 1. The third-order valence-corrected chi connectivity index (χ3v) is 7.15. The van der Waals surface area contributed by atoms with Gasteiger partial charge in [0.15, 0.2) is 0 Å². The summed E-state index contributed by atoms with van der Waals surface area (Å²) < 4.78 is 22.1. The summed E-state index contributed by atoms with van der Waals surface area (Å²) in [4.78, 5) is 29.0. The Morgan fingerprint density at radius 3 is 2.53 bits per heavy atom. The molecule has 0 radical (unpaired) electrons. The van der Waals surface area contributed by atoms with Gasteiger partial charge in [0.1, 0.15) is 5.82 Å². The highest BCUT2D eigenvalue weighted by molar-refractivity contribution is 6.06. The predicted octanol–water partition coefficient (Wildman–Crippen LogP) is 5.66. The molecule has 2 aromatic carbocycles. The van der Waals surface area contributed by atoms with Crippen molar-refractivity contribution in [2.45, 2.75) is 45.2 Å².